The van der Waals surface area contributed by atoms with E-state index in [0.717, 1.165) is 19.4 Å². The Labute approximate surface area is 134 Å². The van der Waals surface area contributed by atoms with Gasteiger partial charge < -0.3 is 5.32 Å². The van der Waals surface area contributed by atoms with Crippen LogP contribution >= 0.6 is 22.6 Å². The first-order valence-corrected chi connectivity index (χ1v) is 8.24. The van der Waals surface area contributed by atoms with Gasteiger partial charge in [-0.2, -0.15) is 5.10 Å². The van der Waals surface area contributed by atoms with E-state index in [2.05, 4.69) is 81.9 Å². The summed E-state index contributed by atoms with van der Waals surface area (Å²) in [6.45, 7) is 5.23. The van der Waals surface area contributed by atoms with Crippen molar-refractivity contribution in [2.75, 3.05) is 7.05 Å². The second-order valence-corrected chi connectivity index (χ2v) is 6.14. The molecule has 0 saturated carbocycles. The minimum absolute atomic E-state index is 0.330. The molecule has 1 unspecified atom stereocenters. The van der Waals surface area contributed by atoms with Crippen LogP contribution in [0.5, 0.6) is 0 Å². The molecule has 1 aromatic heterocycles. The van der Waals surface area contributed by atoms with Crippen molar-refractivity contribution >= 4 is 22.6 Å². The van der Waals surface area contributed by atoms with Gasteiger partial charge >= 0.3 is 0 Å². The standard InChI is InChI=1S/C16H22IN3/c1-4-14-10-15(20(5-2)19-14)11-16(18-3)12-7-6-8-13(17)9-12/h6-10,16,18H,4-5,11H2,1-3H3. The first-order chi connectivity index (χ1) is 9.67. The fraction of sp³-hybridized carbons (Fsp3) is 0.438. The molecule has 2 rings (SSSR count). The third-order valence-electron chi connectivity index (χ3n) is 3.59. The highest BCUT2D eigenvalue weighted by Gasteiger charge is 2.14. The molecular formula is C16H22IN3. The van der Waals surface area contributed by atoms with Gasteiger partial charge in [0, 0.05) is 28.3 Å². The average Bonchev–Trinajstić information content (AvgIpc) is 2.87. The number of benzene rings is 1. The van der Waals surface area contributed by atoms with Crippen molar-refractivity contribution in [3.63, 3.8) is 0 Å². The quantitative estimate of drug-likeness (QED) is 0.773. The SMILES string of the molecule is CCc1cc(CC(NC)c2cccc(I)c2)n(CC)n1. The van der Waals surface area contributed by atoms with Crippen LogP contribution < -0.4 is 5.32 Å². The second kappa shape index (κ2) is 7.22. The molecule has 20 heavy (non-hydrogen) atoms. The van der Waals surface area contributed by atoms with E-state index < -0.39 is 0 Å². The molecule has 0 fully saturated rings. The van der Waals surface area contributed by atoms with Crippen LogP contribution in [0.1, 0.15) is 36.8 Å². The summed E-state index contributed by atoms with van der Waals surface area (Å²) in [5, 5.41) is 8.06. The molecule has 0 bridgehead atoms. The summed E-state index contributed by atoms with van der Waals surface area (Å²) in [7, 11) is 2.03. The van der Waals surface area contributed by atoms with Gasteiger partial charge in [-0.15, -0.1) is 0 Å². The van der Waals surface area contributed by atoms with Crippen LogP contribution in [-0.2, 0) is 19.4 Å². The van der Waals surface area contributed by atoms with E-state index in [1.165, 1.54) is 20.5 Å². The summed E-state index contributed by atoms with van der Waals surface area (Å²) in [6.07, 6.45) is 1.96. The largest absolute Gasteiger partial charge is 0.313 e. The normalized spacial score (nSPS) is 12.6. The van der Waals surface area contributed by atoms with Crippen molar-refractivity contribution in [2.45, 2.75) is 39.3 Å². The van der Waals surface area contributed by atoms with Gasteiger partial charge in [0.05, 0.1) is 5.69 Å². The van der Waals surface area contributed by atoms with Crippen LogP contribution in [0, 0.1) is 3.57 Å². The summed E-state index contributed by atoms with van der Waals surface area (Å²) >= 11 is 2.36. The Bertz CT molecular complexity index is 563. The number of aromatic nitrogens is 2. The number of halogens is 1. The van der Waals surface area contributed by atoms with Crippen LogP contribution in [0.25, 0.3) is 0 Å². The molecule has 1 atom stereocenters. The highest BCUT2D eigenvalue weighted by atomic mass is 127. The third kappa shape index (κ3) is 3.61. The lowest BCUT2D eigenvalue weighted by atomic mass is 10.0. The van der Waals surface area contributed by atoms with E-state index in [4.69, 9.17) is 0 Å². The Morgan fingerprint density at radius 3 is 2.70 bits per heavy atom. The van der Waals surface area contributed by atoms with Crippen molar-refractivity contribution < 1.29 is 0 Å². The molecule has 0 aliphatic rings. The van der Waals surface area contributed by atoms with Crippen LogP contribution in [0.15, 0.2) is 30.3 Å². The molecule has 1 heterocycles. The Morgan fingerprint density at radius 2 is 2.10 bits per heavy atom. The lowest BCUT2D eigenvalue weighted by Gasteiger charge is -2.17. The average molecular weight is 383 g/mol. The fourth-order valence-corrected chi connectivity index (χ4v) is 3.01. The van der Waals surface area contributed by atoms with Gasteiger partial charge in [0.1, 0.15) is 0 Å². The minimum atomic E-state index is 0.330. The van der Waals surface area contributed by atoms with Gasteiger partial charge in [0.2, 0.25) is 0 Å². The monoisotopic (exact) mass is 383 g/mol. The topological polar surface area (TPSA) is 29.9 Å². The number of nitrogens with one attached hydrogen (secondary N) is 1. The van der Waals surface area contributed by atoms with Crippen LogP contribution in [0.2, 0.25) is 0 Å². The lowest BCUT2D eigenvalue weighted by Crippen LogP contribution is -2.20. The van der Waals surface area contributed by atoms with Crippen molar-refractivity contribution in [1.82, 2.24) is 15.1 Å². The summed E-state index contributed by atoms with van der Waals surface area (Å²) in [4.78, 5) is 0. The Hall–Kier alpha value is -0.880. The van der Waals surface area contributed by atoms with Gasteiger partial charge in [-0.1, -0.05) is 19.1 Å². The molecular weight excluding hydrogens is 361 g/mol. The zero-order valence-electron chi connectivity index (χ0n) is 12.4. The Balaban J connectivity index is 2.24. The third-order valence-corrected chi connectivity index (χ3v) is 4.26. The smallest absolute Gasteiger partial charge is 0.0624 e. The molecule has 0 aliphatic heterocycles. The molecule has 1 N–H and O–H groups in total. The van der Waals surface area contributed by atoms with Crippen molar-refractivity contribution in [1.29, 1.82) is 0 Å². The van der Waals surface area contributed by atoms with E-state index in [9.17, 15) is 0 Å². The van der Waals surface area contributed by atoms with Crippen LogP contribution in [-0.4, -0.2) is 16.8 Å². The first kappa shape index (κ1) is 15.5. The molecule has 2 aromatic rings. The maximum absolute atomic E-state index is 4.63. The Morgan fingerprint density at radius 1 is 1.30 bits per heavy atom. The van der Waals surface area contributed by atoms with Gasteiger partial charge in [0.15, 0.2) is 0 Å². The molecule has 1 aromatic carbocycles. The Kier molecular flexibility index (Phi) is 5.60. The summed E-state index contributed by atoms with van der Waals surface area (Å²) in [5.41, 5.74) is 3.82. The van der Waals surface area contributed by atoms with Crippen LogP contribution in [0.3, 0.4) is 0 Å². The minimum Gasteiger partial charge on any atom is -0.313 e. The van der Waals surface area contributed by atoms with Gasteiger partial charge in [0.25, 0.3) is 0 Å². The van der Waals surface area contributed by atoms with E-state index in [-0.39, 0.29) is 0 Å². The molecule has 3 nitrogen and oxygen atoms in total. The fourth-order valence-electron chi connectivity index (χ4n) is 2.44. The molecule has 0 saturated heterocycles. The zero-order valence-corrected chi connectivity index (χ0v) is 14.5. The molecule has 0 radical (unpaired) electrons. The predicted molar refractivity (Wildman–Crippen MR) is 91.9 cm³/mol. The summed E-state index contributed by atoms with van der Waals surface area (Å²) in [5.74, 6) is 0. The summed E-state index contributed by atoms with van der Waals surface area (Å²) in [6, 6.07) is 11.3. The van der Waals surface area contributed by atoms with E-state index >= 15 is 0 Å². The number of nitrogens with zero attached hydrogens (tertiary/aromatic N) is 2. The zero-order chi connectivity index (χ0) is 14.5. The maximum Gasteiger partial charge on any atom is 0.0624 e. The van der Waals surface area contributed by atoms with E-state index in [1.807, 2.05) is 7.05 Å². The van der Waals surface area contributed by atoms with Crippen LogP contribution in [0.4, 0.5) is 0 Å². The second-order valence-electron chi connectivity index (χ2n) is 4.90. The number of hydrogen-bond acceptors (Lipinski definition) is 2. The lowest BCUT2D eigenvalue weighted by molar-refractivity contribution is 0.540. The predicted octanol–water partition coefficient (Wildman–Crippen LogP) is 3.57. The number of likely N-dealkylation sites (N-methyl/N-ethyl adjacent to an activating group) is 1. The van der Waals surface area contributed by atoms with Crippen molar-refractivity contribution in [3.8, 4) is 0 Å². The first-order valence-electron chi connectivity index (χ1n) is 7.16. The van der Waals surface area contributed by atoms with E-state index in [0.29, 0.717) is 6.04 Å². The van der Waals surface area contributed by atoms with Gasteiger partial charge in [-0.05, 0) is 66.7 Å². The molecule has 108 valence electrons. The molecule has 0 aliphatic carbocycles. The highest BCUT2D eigenvalue weighted by Crippen LogP contribution is 2.21. The number of hydrogen-bond donors (Lipinski definition) is 1. The van der Waals surface area contributed by atoms with Crippen molar-refractivity contribution in [2.24, 2.45) is 0 Å². The van der Waals surface area contributed by atoms with E-state index in [1.54, 1.807) is 0 Å². The van der Waals surface area contributed by atoms with Gasteiger partial charge in [-0.25, -0.2) is 0 Å². The molecule has 4 heteroatoms. The molecule has 0 amide bonds. The van der Waals surface area contributed by atoms with Crippen molar-refractivity contribution in [3.05, 3.63) is 50.9 Å². The number of rotatable bonds is 6. The van der Waals surface area contributed by atoms with Gasteiger partial charge in [-0.3, -0.25) is 4.68 Å². The highest BCUT2D eigenvalue weighted by molar-refractivity contribution is 14.1. The maximum atomic E-state index is 4.63. The molecule has 0 spiro atoms. The number of aryl methyl sites for hydroxylation is 2. The summed E-state index contributed by atoms with van der Waals surface area (Å²) < 4.78 is 3.40.